The van der Waals surface area contributed by atoms with E-state index in [1.165, 1.54) is 12.0 Å². The van der Waals surface area contributed by atoms with Gasteiger partial charge in [0.15, 0.2) is 0 Å². The fraction of sp³-hybridized carbons (Fsp3) is 0.385. The summed E-state index contributed by atoms with van der Waals surface area (Å²) in [6, 6.07) is 6.01. The predicted molar refractivity (Wildman–Crippen MR) is 72.2 cm³/mol. The van der Waals surface area contributed by atoms with Gasteiger partial charge in [0.25, 0.3) is 0 Å². The monoisotopic (exact) mass is 313 g/mol. The van der Waals surface area contributed by atoms with Crippen LogP contribution < -0.4 is 0 Å². The normalized spacial score (nSPS) is 10.0. The summed E-state index contributed by atoms with van der Waals surface area (Å²) in [5, 5.41) is 0. The molecule has 0 heterocycles. The van der Waals surface area contributed by atoms with Gasteiger partial charge in [-0.05, 0) is 36.6 Å². The van der Waals surface area contributed by atoms with Crippen LogP contribution in [0.5, 0.6) is 0 Å². The highest BCUT2D eigenvalue weighted by Crippen LogP contribution is 2.16. The molecule has 0 aliphatic carbocycles. The Morgan fingerprint density at radius 1 is 1.39 bits per heavy atom. The number of carbonyl (C=O) groups is 2. The molecule has 18 heavy (non-hydrogen) atoms. The molecule has 1 aromatic rings. The Hall–Kier alpha value is -1.36. The molecule has 0 atom stereocenters. The first-order valence-corrected chi connectivity index (χ1v) is 6.33. The maximum absolute atomic E-state index is 11.5. The number of aryl methyl sites for hydroxylation is 1. The second-order valence-corrected chi connectivity index (χ2v) is 4.95. The average Bonchev–Trinajstić information content (AvgIpc) is 2.37. The number of halogens is 1. The molecule has 0 saturated heterocycles. The van der Waals surface area contributed by atoms with Crippen molar-refractivity contribution in [1.29, 1.82) is 0 Å². The molecule has 0 N–H and O–H groups in total. The van der Waals surface area contributed by atoms with Gasteiger partial charge in [0.1, 0.15) is 0 Å². The standard InChI is InChI=1S/C13H16BrNO3/c1-9-4-5-11(14)8-10(9)6-7-15(2)12(16)13(17)18-3/h4-5,8H,6-7H2,1-3H3. The summed E-state index contributed by atoms with van der Waals surface area (Å²) in [7, 11) is 2.79. The Bertz CT molecular complexity index is 460. The first-order valence-electron chi connectivity index (χ1n) is 5.54. The van der Waals surface area contributed by atoms with Crippen LogP contribution in [-0.4, -0.2) is 37.5 Å². The molecule has 1 amide bonds. The lowest BCUT2D eigenvalue weighted by Crippen LogP contribution is -2.35. The second-order valence-electron chi connectivity index (χ2n) is 4.04. The van der Waals surface area contributed by atoms with Crippen LogP contribution in [0.25, 0.3) is 0 Å². The first-order chi connectivity index (χ1) is 8.45. The van der Waals surface area contributed by atoms with Crippen molar-refractivity contribution in [1.82, 2.24) is 4.90 Å². The highest BCUT2D eigenvalue weighted by molar-refractivity contribution is 9.10. The summed E-state index contributed by atoms with van der Waals surface area (Å²) in [6.07, 6.45) is 0.699. The quantitative estimate of drug-likeness (QED) is 0.633. The van der Waals surface area contributed by atoms with Gasteiger partial charge in [-0.15, -0.1) is 0 Å². The van der Waals surface area contributed by atoms with E-state index in [0.717, 1.165) is 15.6 Å². The van der Waals surface area contributed by atoms with E-state index >= 15 is 0 Å². The minimum absolute atomic E-state index is 0.477. The molecule has 0 saturated carbocycles. The number of benzene rings is 1. The fourth-order valence-electron chi connectivity index (χ4n) is 1.54. The number of rotatable bonds is 3. The maximum atomic E-state index is 11.5. The largest absolute Gasteiger partial charge is 0.462 e. The predicted octanol–water partition coefficient (Wildman–Crippen LogP) is 1.93. The summed E-state index contributed by atoms with van der Waals surface area (Å²) < 4.78 is 5.40. The first kappa shape index (κ1) is 14.7. The molecule has 1 rings (SSSR count). The zero-order chi connectivity index (χ0) is 13.7. The Morgan fingerprint density at radius 3 is 2.67 bits per heavy atom. The smallest absolute Gasteiger partial charge is 0.396 e. The van der Waals surface area contributed by atoms with Crippen molar-refractivity contribution in [3.8, 4) is 0 Å². The number of esters is 1. The molecule has 0 radical (unpaired) electrons. The number of carbonyl (C=O) groups excluding carboxylic acids is 2. The highest BCUT2D eigenvalue weighted by Gasteiger charge is 2.18. The summed E-state index contributed by atoms with van der Waals surface area (Å²) in [4.78, 5) is 23.9. The van der Waals surface area contributed by atoms with Crippen molar-refractivity contribution in [2.75, 3.05) is 20.7 Å². The van der Waals surface area contributed by atoms with Crippen molar-refractivity contribution in [2.45, 2.75) is 13.3 Å². The molecule has 5 heteroatoms. The molecule has 0 spiro atoms. The molecular formula is C13H16BrNO3. The van der Waals surface area contributed by atoms with E-state index in [1.54, 1.807) is 7.05 Å². The SMILES string of the molecule is COC(=O)C(=O)N(C)CCc1cc(Br)ccc1C. The van der Waals surface area contributed by atoms with Crippen molar-refractivity contribution in [3.05, 3.63) is 33.8 Å². The van der Waals surface area contributed by atoms with Gasteiger partial charge in [-0.3, -0.25) is 4.79 Å². The molecule has 98 valence electrons. The summed E-state index contributed by atoms with van der Waals surface area (Å²) in [5.41, 5.74) is 2.31. The lowest BCUT2D eigenvalue weighted by Gasteiger charge is -2.16. The summed E-state index contributed by atoms with van der Waals surface area (Å²) in [6.45, 7) is 2.50. The molecule has 0 unspecified atom stereocenters. The second kappa shape index (κ2) is 6.54. The van der Waals surface area contributed by atoms with Gasteiger partial charge in [0, 0.05) is 18.1 Å². The van der Waals surface area contributed by atoms with E-state index in [-0.39, 0.29) is 0 Å². The van der Waals surface area contributed by atoms with Crippen LogP contribution in [0.4, 0.5) is 0 Å². The van der Waals surface area contributed by atoms with Gasteiger partial charge < -0.3 is 9.64 Å². The zero-order valence-electron chi connectivity index (χ0n) is 10.7. The van der Waals surface area contributed by atoms with Gasteiger partial charge in [-0.1, -0.05) is 22.0 Å². The third kappa shape index (κ3) is 3.84. The number of ether oxygens (including phenoxy) is 1. The minimum Gasteiger partial charge on any atom is -0.462 e. The maximum Gasteiger partial charge on any atom is 0.396 e. The van der Waals surface area contributed by atoms with Gasteiger partial charge in [0.05, 0.1) is 7.11 Å². The van der Waals surface area contributed by atoms with Crippen LogP contribution in [0.2, 0.25) is 0 Å². The van der Waals surface area contributed by atoms with Gasteiger partial charge >= 0.3 is 11.9 Å². The highest BCUT2D eigenvalue weighted by atomic mass is 79.9. The topological polar surface area (TPSA) is 46.6 Å². The number of nitrogens with zero attached hydrogens (tertiary/aromatic N) is 1. The summed E-state index contributed by atoms with van der Waals surface area (Å²) in [5.74, 6) is -1.45. The van der Waals surface area contributed by atoms with Crippen molar-refractivity contribution >= 4 is 27.8 Å². The lowest BCUT2D eigenvalue weighted by molar-refractivity contribution is -0.157. The molecule has 0 aliphatic heterocycles. The van der Waals surface area contributed by atoms with Crippen LogP contribution in [0, 0.1) is 6.92 Å². The van der Waals surface area contributed by atoms with Crippen LogP contribution in [0.3, 0.4) is 0 Å². The molecule has 0 fully saturated rings. The Balaban J connectivity index is 2.62. The molecule has 0 bridgehead atoms. The Kier molecular flexibility index (Phi) is 5.34. The molecular weight excluding hydrogens is 298 g/mol. The van der Waals surface area contributed by atoms with Crippen LogP contribution in [-0.2, 0) is 20.7 Å². The zero-order valence-corrected chi connectivity index (χ0v) is 12.3. The van der Waals surface area contributed by atoms with Crippen molar-refractivity contribution < 1.29 is 14.3 Å². The van der Waals surface area contributed by atoms with Crippen LogP contribution in [0.15, 0.2) is 22.7 Å². The molecule has 4 nitrogen and oxygen atoms in total. The van der Waals surface area contributed by atoms with Crippen LogP contribution >= 0.6 is 15.9 Å². The Labute approximate surface area is 115 Å². The third-order valence-electron chi connectivity index (χ3n) is 2.73. The van der Waals surface area contributed by atoms with Crippen molar-refractivity contribution in [3.63, 3.8) is 0 Å². The minimum atomic E-state index is -0.830. The average molecular weight is 314 g/mol. The third-order valence-corrected chi connectivity index (χ3v) is 3.23. The van der Waals surface area contributed by atoms with Crippen molar-refractivity contribution in [2.24, 2.45) is 0 Å². The number of amides is 1. The Morgan fingerprint density at radius 2 is 2.06 bits per heavy atom. The van der Waals surface area contributed by atoms with Gasteiger partial charge in [-0.25, -0.2) is 4.79 Å². The van der Waals surface area contributed by atoms with E-state index in [1.807, 2.05) is 25.1 Å². The van der Waals surface area contributed by atoms with E-state index in [2.05, 4.69) is 20.7 Å². The lowest BCUT2D eigenvalue weighted by atomic mass is 10.1. The number of hydrogen-bond donors (Lipinski definition) is 0. The van der Waals surface area contributed by atoms with Gasteiger partial charge in [-0.2, -0.15) is 0 Å². The van der Waals surface area contributed by atoms with E-state index in [0.29, 0.717) is 13.0 Å². The van der Waals surface area contributed by atoms with E-state index in [4.69, 9.17) is 0 Å². The van der Waals surface area contributed by atoms with Gasteiger partial charge in [0.2, 0.25) is 0 Å². The van der Waals surface area contributed by atoms with E-state index in [9.17, 15) is 9.59 Å². The molecule has 1 aromatic carbocycles. The summed E-state index contributed by atoms with van der Waals surface area (Å²) >= 11 is 3.41. The number of likely N-dealkylation sites (N-methyl/N-ethyl adjacent to an activating group) is 1. The van der Waals surface area contributed by atoms with Crippen LogP contribution in [0.1, 0.15) is 11.1 Å². The number of hydrogen-bond acceptors (Lipinski definition) is 3. The fourth-order valence-corrected chi connectivity index (χ4v) is 1.95. The number of methoxy groups -OCH3 is 1. The van der Waals surface area contributed by atoms with E-state index < -0.39 is 11.9 Å². The molecule has 0 aliphatic rings. The molecule has 0 aromatic heterocycles.